The first kappa shape index (κ1) is 56.1. The van der Waals surface area contributed by atoms with Crippen LogP contribution in [0.1, 0.15) is 15.9 Å². The van der Waals surface area contributed by atoms with Crippen LogP contribution in [0.15, 0.2) is 48.5 Å². The second kappa shape index (κ2) is 38.3. The monoisotopic (exact) mass is 924 g/mol. The summed E-state index contributed by atoms with van der Waals surface area (Å²) < 4.78 is 109. The average molecular weight is 925 g/mol. The van der Waals surface area contributed by atoms with Gasteiger partial charge in [0.05, 0.1) is 162 Å². The van der Waals surface area contributed by atoms with E-state index in [1.54, 1.807) is 18.2 Å². The summed E-state index contributed by atoms with van der Waals surface area (Å²) >= 11 is 0. The van der Waals surface area contributed by atoms with Gasteiger partial charge in [-0.15, -0.1) is 0 Å². The van der Waals surface area contributed by atoms with Crippen molar-refractivity contribution in [3.63, 3.8) is 0 Å². The second-order valence-electron chi connectivity index (χ2n) is 12.9. The lowest BCUT2D eigenvalue weighted by molar-refractivity contribution is -0.143. The number of carbonyl (C=O) groups is 3. The van der Waals surface area contributed by atoms with Crippen molar-refractivity contribution in [2.45, 2.75) is 6.18 Å². The Hall–Kier alpha value is -4.04. The fourth-order valence-corrected chi connectivity index (χ4v) is 4.82. The summed E-state index contributed by atoms with van der Waals surface area (Å²) in [4.78, 5) is 34.3. The van der Waals surface area contributed by atoms with E-state index in [4.69, 9.17) is 61.9 Å². The van der Waals surface area contributed by atoms with Gasteiger partial charge in [0.2, 0.25) is 5.91 Å². The standard InChI is InChI=1S/C42H63F3N2O17/c43-42(44,45)35-4-3-5-36(32-35)47-38-7-2-1-6-37(38)41(51)64-31-30-62-29-28-61-27-26-60-25-24-59-23-22-58-21-20-57-19-18-56-17-16-55-15-14-54-13-12-53-11-10-52-9-8-46-39(48)33-63-34-40(49)50/h1-7,32,47H,8-31,33-34H2,(H,46,48)(H,49,50). The van der Waals surface area contributed by atoms with Gasteiger partial charge in [0.15, 0.2) is 0 Å². The number of carboxylic acids is 1. The lowest BCUT2D eigenvalue weighted by atomic mass is 10.1. The molecule has 0 aliphatic carbocycles. The van der Waals surface area contributed by atoms with Crippen LogP contribution in [-0.4, -0.2) is 195 Å². The molecule has 2 aromatic rings. The van der Waals surface area contributed by atoms with E-state index < -0.39 is 36.2 Å². The summed E-state index contributed by atoms with van der Waals surface area (Å²) in [5.74, 6) is -2.19. The van der Waals surface area contributed by atoms with Crippen LogP contribution >= 0.6 is 0 Å². The first-order valence-corrected chi connectivity index (χ1v) is 20.8. The summed E-state index contributed by atoms with van der Waals surface area (Å²) in [6, 6.07) is 11.1. The summed E-state index contributed by atoms with van der Waals surface area (Å²) in [5.41, 5.74) is -0.126. The number of amides is 1. The molecule has 0 aliphatic rings. The summed E-state index contributed by atoms with van der Waals surface area (Å²) in [6.45, 7) is 8.01. The molecule has 0 bridgehead atoms. The van der Waals surface area contributed by atoms with E-state index in [9.17, 15) is 27.6 Å². The molecule has 22 heteroatoms. The van der Waals surface area contributed by atoms with Crippen LogP contribution in [-0.2, 0) is 77.3 Å². The van der Waals surface area contributed by atoms with Crippen LogP contribution < -0.4 is 10.6 Å². The Morgan fingerprint density at radius 1 is 0.484 bits per heavy atom. The van der Waals surface area contributed by atoms with E-state index in [2.05, 4.69) is 15.4 Å². The Morgan fingerprint density at radius 2 is 0.891 bits per heavy atom. The van der Waals surface area contributed by atoms with Gasteiger partial charge in [-0.1, -0.05) is 18.2 Å². The van der Waals surface area contributed by atoms with E-state index in [1.807, 2.05) is 0 Å². The third-order valence-corrected chi connectivity index (χ3v) is 7.82. The number of carbonyl (C=O) groups excluding carboxylic acids is 2. The molecule has 0 aliphatic heterocycles. The molecule has 0 radical (unpaired) electrons. The third kappa shape index (κ3) is 31.7. The van der Waals surface area contributed by atoms with Gasteiger partial charge in [-0.25, -0.2) is 9.59 Å². The van der Waals surface area contributed by atoms with Gasteiger partial charge in [0.25, 0.3) is 0 Å². The van der Waals surface area contributed by atoms with Crippen molar-refractivity contribution in [3.05, 3.63) is 59.7 Å². The van der Waals surface area contributed by atoms with Gasteiger partial charge in [0.1, 0.15) is 19.8 Å². The minimum Gasteiger partial charge on any atom is -0.480 e. The highest BCUT2D eigenvalue weighted by atomic mass is 19.4. The number of para-hydroxylation sites is 1. The van der Waals surface area contributed by atoms with E-state index in [1.165, 1.54) is 18.2 Å². The molecule has 0 saturated carbocycles. The molecule has 64 heavy (non-hydrogen) atoms. The Morgan fingerprint density at radius 3 is 1.31 bits per heavy atom. The molecule has 2 rings (SSSR count). The van der Waals surface area contributed by atoms with Crippen molar-refractivity contribution in [3.8, 4) is 0 Å². The minimum atomic E-state index is -4.49. The van der Waals surface area contributed by atoms with Gasteiger partial charge in [0, 0.05) is 12.2 Å². The predicted octanol–water partition coefficient (Wildman–Crippen LogP) is 3.01. The fourth-order valence-electron chi connectivity index (χ4n) is 4.82. The van der Waals surface area contributed by atoms with Gasteiger partial charge < -0.3 is 77.3 Å². The molecule has 0 saturated heterocycles. The normalized spacial score (nSPS) is 11.5. The quantitative estimate of drug-likeness (QED) is 0.0644. The van der Waals surface area contributed by atoms with Crippen LogP contribution in [0.25, 0.3) is 0 Å². The third-order valence-electron chi connectivity index (χ3n) is 7.82. The highest BCUT2D eigenvalue weighted by Crippen LogP contribution is 2.32. The van der Waals surface area contributed by atoms with Crippen molar-refractivity contribution in [2.75, 3.05) is 177 Å². The topological polar surface area (TPSA) is 215 Å². The highest BCUT2D eigenvalue weighted by molar-refractivity contribution is 5.96. The van der Waals surface area contributed by atoms with Crippen molar-refractivity contribution < 1.29 is 94.2 Å². The average Bonchev–Trinajstić information content (AvgIpc) is 3.27. The minimum absolute atomic E-state index is 0.0140. The molecule has 1 amide bonds. The lowest BCUT2D eigenvalue weighted by Crippen LogP contribution is -2.31. The molecule has 3 N–H and O–H groups in total. The van der Waals surface area contributed by atoms with Crippen LogP contribution in [0.4, 0.5) is 24.5 Å². The van der Waals surface area contributed by atoms with Crippen LogP contribution in [0.2, 0.25) is 0 Å². The summed E-state index contributed by atoms with van der Waals surface area (Å²) in [5, 5.41) is 13.8. The number of esters is 1. The van der Waals surface area contributed by atoms with Crippen molar-refractivity contribution in [1.82, 2.24) is 5.32 Å². The molecule has 0 fully saturated rings. The zero-order valence-electron chi connectivity index (χ0n) is 36.1. The largest absolute Gasteiger partial charge is 0.480 e. The Balaban J connectivity index is 1.23. The number of halogens is 3. The molecule has 0 unspecified atom stereocenters. The number of nitrogens with one attached hydrogen (secondary N) is 2. The first-order valence-electron chi connectivity index (χ1n) is 20.8. The maximum Gasteiger partial charge on any atom is 0.416 e. The number of hydrogen-bond acceptors (Lipinski definition) is 17. The predicted molar refractivity (Wildman–Crippen MR) is 222 cm³/mol. The van der Waals surface area contributed by atoms with Gasteiger partial charge in [-0.3, -0.25) is 4.79 Å². The number of rotatable bonds is 43. The first-order chi connectivity index (χ1) is 31.2. The molecule has 0 aromatic heterocycles. The number of carboxylic acid groups (broad SMARTS) is 1. The molecule has 2 aromatic carbocycles. The highest BCUT2D eigenvalue weighted by Gasteiger charge is 2.30. The Labute approximate surface area is 371 Å². The van der Waals surface area contributed by atoms with Crippen LogP contribution in [0.3, 0.4) is 0 Å². The second-order valence-corrected chi connectivity index (χ2v) is 12.9. The maximum atomic E-state index is 13.1. The van der Waals surface area contributed by atoms with Crippen molar-refractivity contribution in [1.29, 1.82) is 0 Å². The van der Waals surface area contributed by atoms with E-state index in [0.717, 1.165) is 12.1 Å². The SMILES string of the molecule is O=C(O)COCC(=O)NCCOCCOCCOCCOCCOCCOCCOCCOCCOCCOCCOCCOC(=O)c1ccccc1Nc1cccc(C(F)(F)F)c1. The molecule has 0 atom stereocenters. The number of anilines is 2. The number of aliphatic carboxylic acids is 1. The molecule has 19 nitrogen and oxygen atoms in total. The fraction of sp³-hybridized carbons (Fsp3) is 0.643. The van der Waals surface area contributed by atoms with E-state index in [-0.39, 0.29) is 44.2 Å². The molecular weight excluding hydrogens is 861 g/mol. The van der Waals surface area contributed by atoms with Crippen molar-refractivity contribution in [2.24, 2.45) is 0 Å². The zero-order valence-corrected chi connectivity index (χ0v) is 36.1. The molecule has 364 valence electrons. The molecule has 0 heterocycles. The van der Waals surface area contributed by atoms with Crippen LogP contribution in [0.5, 0.6) is 0 Å². The molecular formula is C42H63F3N2O17. The van der Waals surface area contributed by atoms with Gasteiger partial charge >= 0.3 is 18.1 Å². The van der Waals surface area contributed by atoms with E-state index >= 15 is 0 Å². The van der Waals surface area contributed by atoms with Crippen LogP contribution in [0, 0.1) is 0 Å². The number of benzene rings is 2. The summed E-state index contributed by atoms with van der Waals surface area (Å²) in [7, 11) is 0. The number of alkyl halides is 3. The van der Waals surface area contributed by atoms with E-state index in [0.29, 0.717) is 138 Å². The Bertz CT molecular complexity index is 1490. The maximum absolute atomic E-state index is 13.1. The lowest BCUT2D eigenvalue weighted by Gasteiger charge is -2.13. The van der Waals surface area contributed by atoms with Gasteiger partial charge in [-0.05, 0) is 30.3 Å². The summed E-state index contributed by atoms with van der Waals surface area (Å²) in [6.07, 6.45) is -4.49. The number of ether oxygens (including phenoxy) is 13. The Kier molecular flexibility index (Phi) is 33.5. The van der Waals surface area contributed by atoms with Crippen molar-refractivity contribution >= 4 is 29.2 Å². The zero-order chi connectivity index (χ0) is 46.2. The number of hydrogen-bond donors (Lipinski definition) is 3. The smallest absolute Gasteiger partial charge is 0.416 e. The van der Waals surface area contributed by atoms with Gasteiger partial charge in [-0.2, -0.15) is 13.2 Å². The molecule has 0 spiro atoms.